The fourth-order valence-electron chi connectivity index (χ4n) is 2.12. The molecule has 0 bridgehead atoms. The average molecular weight is 298 g/mol. The Bertz CT molecular complexity index is 802. The topological polar surface area (TPSA) is 39.2 Å². The van der Waals surface area contributed by atoms with Gasteiger partial charge in [0.05, 0.1) is 11.1 Å². The number of rotatable bonds is 4. The van der Waals surface area contributed by atoms with Crippen LogP contribution in [0.15, 0.2) is 54.7 Å². The number of nitrogens with zero attached hydrogens (tertiary/aromatic N) is 1. The number of ether oxygens (including phenoxy) is 1. The molecule has 0 saturated carbocycles. The van der Waals surface area contributed by atoms with Crippen LogP contribution in [-0.4, -0.2) is 11.3 Å². The molecule has 0 saturated heterocycles. The summed E-state index contributed by atoms with van der Waals surface area (Å²) in [5, 5.41) is 1.58. The Morgan fingerprint density at radius 3 is 2.90 bits per heavy atom. The van der Waals surface area contributed by atoms with Gasteiger partial charge in [0.25, 0.3) is 0 Å². The maximum absolute atomic E-state index is 11.0. The third kappa shape index (κ3) is 3.03. The SMILES string of the molecule is O=Cc1cc(Cl)ccc1OCc1ccc2ncccc2c1. The van der Waals surface area contributed by atoms with Crippen molar-refractivity contribution in [3.05, 3.63) is 70.9 Å². The zero-order valence-corrected chi connectivity index (χ0v) is 11.9. The van der Waals surface area contributed by atoms with E-state index in [2.05, 4.69) is 4.98 Å². The molecule has 3 rings (SSSR count). The summed E-state index contributed by atoms with van der Waals surface area (Å²) in [5.74, 6) is 0.528. The van der Waals surface area contributed by atoms with E-state index in [9.17, 15) is 4.79 Å². The summed E-state index contributed by atoms with van der Waals surface area (Å²) in [6.45, 7) is 0.382. The van der Waals surface area contributed by atoms with Crippen molar-refractivity contribution in [3.63, 3.8) is 0 Å². The van der Waals surface area contributed by atoms with Gasteiger partial charge in [0.1, 0.15) is 12.4 Å². The largest absolute Gasteiger partial charge is 0.488 e. The predicted molar refractivity (Wildman–Crippen MR) is 82.9 cm³/mol. The molecule has 2 aromatic carbocycles. The summed E-state index contributed by atoms with van der Waals surface area (Å²) in [7, 11) is 0. The maximum atomic E-state index is 11.0. The highest BCUT2D eigenvalue weighted by atomic mass is 35.5. The Kier molecular flexibility index (Phi) is 3.84. The Hall–Kier alpha value is -2.39. The number of carbonyl (C=O) groups excluding carboxylic acids is 1. The molecule has 0 N–H and O–H groups in total. The number of benzene rings is 2. The smallest absolute Gasteiger partial charge is 0.153 e. The third-order valence-corrected chi connectivity index (χ3v) is 3.40. The first-order valence-corrected chi connectivity index (χ1v) is 6.85. The van der Waals surface area contributed by atoms with Crippen LogP contribution >= 0.6 is 11.6 Å². The normalized spacial score (nSPS) is 10.5. The van der Waals surface area contributed by atoms with Crippen LogP contribution in [0.4, 0.5) is 0 Å². The molecule has 0 unspecified atom stereocenters. The van der Waals surface area contributed by atoms with Crippen molar-refractivity contribution in [3.8, 4) is 5.75 Å². The third-order valence-electron chi connectivity index (χ3n) is 3.16. The van der Waals surface area contributed by atoms with Crippen LogP contribution in [0, 0.1) is 0 Å². The van der Waals surface area contributed by atoms with Crippen molar-refractivity contribution in [2.75, 3.05) is 0 Å². The number of hydrogen-bond acceptors (Lipinski definition) is 3. The van der Waals surface area contributed by atoms with E-state index in [1.54, 1.807) is 24.4 Å². The molecule has 0 amide bonds. The van der Waals surface area contributed by atoms with Crippen LogP contribution in [-0.2, 0) is 6.61 Å². The van der Waals surface area contributed by atoms with E-state index in [1.807, 2.05) is 30.3 Å². The molecular weight excluding hydrogens is 286 g/mol. The van der Waals surface area contributed by atoms with Gasteiger partial charge in [-0.3, -0.25) is 9.78 Å². The highest BCUT2D eigenvalue weighted by Gasteiger charge is 2.05. The van der Waals surface area contributed by atoms with E-state index in [4.69, 9.17) is 16.3 Å². The number of aromatic nitrogens is 1. The molecule has 0 spiro atoms. The molecule has 0 aliphatic heterocycles. The average Bonchev–Trinajstić information content (AvgIpc) is 2.53. The van der Waals surface area contributed by atoms with Gasteiger partial charge in [0.2, 0.25) is 0 Å². The molecule has 4 heteroatoms. The van der Waals surface area contributed by atoms with E-state index in [-0.39, 0.29) is 0 Å². The van der Waals surface area contributed by atoms with Crippen LogP contribution in [0.1, 0.15) is 15.9 Å². The molecule has 0 atom stereocenters. The lowest BCUT2D eigenvalue weighted by molar-refractivity contribution is 0.111. The second kappa shape index (κ2) is 5.94. The molecule has 1 heterocycles. The van der Waals surface area contributed by atoms with E-state index in [0.29, 0.717) is 22.9 Å². The molecule has 3 nitrogen and oxygen atoms in total. The van der Waals surface area contributed by atoms with Crippen LogP contribution in [0.3, 0.4) is 0 Å². The van der Waals surface area contributed by atoms with Crippen molar-refractivity contribution in [1.82, 2.24) is 4.98 Å². The zero-order chi connectivity index (χ0) is 14.7. The van der Waals surface area contributed by atoms with E-state index >= 15 is 0 Å². The van der Waals surface area contributed by atoms with Crippen LogP contribution in [0.2, 0.25) is 5.02 Å². The zero-order valence-electron chi connectivity index (χ0n) is 11.1. The minimum absolute atomic E-state index is 0.382. The van der Waals surface area contributed by atoms with Gasteiger partial charge in [-0.05, 0) is 42.0 Å². The Morgan fingerprint density at radius 2 is 2.05 bits per heavy atom. The Balaban J connectivity index is 1.81. The van der Waals surface area contributed by atoms with Gasteiger partial charge >= 0.3 is 0 Å². The van der Waals surface area contributed by atoms with Gasteiger partial charge in [0.15, 0.2) is 6.29 Å². The lowest BCUT2D eigenvalue weighted by atomic mass is 10.1. The minimum Gasteiger partial charge on any atom is -0.488 e. The maximum Gasteiger partial charge on any atom is 0.153 e. The monoisotopic (exact) mass is 297 g/mol. The minimum atomic E-state index is 0.382. The van der Waals surface area contributed by atoms with Gasteiger partial charge < -0.3 is 4.74 Å². The quantitative estimate of drug-likeness (QED) is 0.675. The second-order valence-electron chi connectivity index (χ2n) is 4.62. The standard InChI is InChI=1S/C17H12ClNO2/c18-15-4-6-17(14(9-15)10-20)21-11-12-3-5-16-13(8-12)2-1-7-19-16/h1-10H,11H2. The number of halogens is 1. The molecule has 0 fully saturated rings. The molecule has 0 aliphatic carbocycles. The van der Waals surface area contributed by atoms with Crippen molar-refractivity contribution in [2.24, 2.45) is 0 Å². The van der Waals surface area contributed by atoms with Crippen molar-refractivity contribution in [1.29, 1.82) is 0 Å². The molecule has 21 heavy (non-hydrogen) atoms. The van der Waals surface area contributed by atoms with Gasteiger partial charge in [-0.1, -0.05) is 23.7 Å². The fourth-order valence-corrected chi connectivity index (χ4v) is 2.30. The van der Waals surface area contributed by atoms with Gasteiger partial charge in [-0.25, -0.2) is 0 Å². The fraction of sp³-hybridized carbons (Fsp3) is 0.0588. The summed E-state index contributed by atoms with van der Waals surface area (Å²) >= 11 is 5.86. The molecule has 104 valence electrons. The van der Waals surface area contributed by atoms with Crippen LogP contribution < -0.4 is 4.74 Å². The first kappa shape index (κ1) is 13.6. The number of fused-ring (bicyclic) bond motifs is 1. The van der Waals surface area contributed by atoms with Gasteiger partial charge in [-0.2, -0.15) is 0 Å². The molecule has 0 aliphatic rings. The van der Waals surface area contributed by atoms with Crippen LogP contribution in [0.5, 0.6) is 5.75 Å². The van der Waals surface area contributed by atoms with Crippen LogP contribution in [0.25, 0.3) is 10.9 Å². The molecule has 3 aromatic rings. The highest BCUT2D eigenvalue weighted by Crippen LogP contribution is 2.23. The second-order valence-corrected chi connectivity index (χ2v) is 5.06. The van der Waals surface area contributed by atoms with E-state index < -0.39 is 0 Å². The first-order chi connectivity index (χ1) is 10.3. The summed E-state index contributed by atoms with van der Waals surface area (Å²) in [6.07, 6.45) is 2.51. The molecular formula is C17H12ClNO2. The number of aldehydes is 1. The highest BCUT2D eigenvalue weighted by molar-refractivity contribution is 6.30. The lowest BCUT2D eigenvalue weighted by Gasteiger charge is -2.09. The molecule has 0 radical (unpaired) electrons. The van der Waals surface area contributed by atoms with Gasteiger partial charge in [-0.15, -0.1) is 0 Å². The lowest BCUT2D eigenvalue weighted by Crippen LogP contribution is -1.98. The summed E-state index contributed by atoms with van der Waals surface area (Å²) < 4.78 is 5.71. The van der Waals surface area contributed by atoms with E-state index in [0.717, 1.165) is 22.8 Å². The Morgan fingerprint density at radius 1 is 1.14 bits per heavy atom. The first-order valence-electron chi connectivity index (χ1n) is 6.47. The summed E-state index contributed by atoms with van der Waals surface area (Å²) in [4.78, 5) is 15.3. The summed E-state index contributed by atoms with van der Waals surface area (Å²) in [6, 6.07) is 14.8. The van der Waals surface area contributed by atoms with Crippen molar-refractivity contribution in [2.45, 2.75) is 6.61 Å². The predicted octanol–water partition coefficient (Wildman–Crippen LogP) is 4.28. The van der Waals surface area contributed by atoms with Gasteiger partial charge in [0, 0.05) is 16.6 Å². The van der Waals surface area contributed by atoms with Crippen molar-refractivity contribution < 1.29 is 9.53 Å². The number of carbonyl (C=O) groups is 1. The number of pyridine rings is 1. The van der Waals surface area contributed by atoms with E-state index in [1.165, 1.54) is 0 Å². The Labute approximate surface area is 127 Å². The summed E-state index contributed by atoms with van der Waals surface area (Å²) in [5.41, 5.74) is 2.41. The molecule has 1 aromatic heterocycles. The number of hydrogen-bond donors (Lipinski definition) is 0. The van der Waals surface area contributed by atoms with Crippen molar-refractivity contribution >= 4 is 28.8 Å².